The first kappa shape index (κ1) is 13.2. The number of fused-ring (bicyclic) bond motifs is 1. The van der Waals surface area contributed by atoms with Crippen molar-refractivity contribution in [2.45, 2.75) is 18.9 Å². The van der Waals surface area contributed by atoms with E-state index in [0.717, 1.165) is 50.4 Å². The van der Waals surface area contributed by atoms with Crippen LogP contribution < -0.4 is 15.5 Å². The van der Waals surface area contributed by atoms with Gasteiger partial charge in [-0.1, -0.05) is 12.1 Å². The molecule has 2 heterocycles. The van der Waals surface area contributed by atoms with Crippen molar-refractivity contribution in [2.24, 2.45) is 0 Å². The second-order valence-electron chi connectivity index (χ2n) is 5.62. The van der Waals surface area contributed by atoms with E-state index in [0.29, 0.717) is 6.04 Å². The van der Waals surface area contributed by atoms with Gasteiger partial charge in [-0.3, -0.25) is 4.90 Å². The summed E-state index contributed by atoms with van der Waals surface area (Å²) in [6.45, 7) is 3.64. The molecule has 1 saturated heterocycles. The van der Waals surface area contributed by atoms with Crippen LogP contribution in [0.15, 0.2) is 24.3 Å². The van der Waals surface area contributed by atoms with E-state index < -0.39 is 0 Å². The van der Waals surface area contributed by atoms with Crippen molar-refractivity contribution < 1.29 is 4.79 Å². The minimum Gasteiger partial charge on any atom is -0.382 e. The van der Waals surface area contributed by atoms with Crippen molar-refractivity contribution in [3.63, 3.8) is 0 Å². The molecule has 3 rings (SSSR count). The Labute approximate surface area is 119 Å². The predicted molar refractivity (Wildman–Crippen MR) is 81.3 cm³/mol. The fraction of sp³-hybridized carbons (Fsp3) is 0.533. The van der Waals surface area contributed by atoms with Gasteiger partial charge in [-0.15, -0.1) is 0 Å². The topological polar surface area (TPSA) is 47.6 Å². The molecule has 0 saturated carbocycles. The van der Waals surface area contributed by atoms with Crippen LogP contribution in [0.5, 0.6) is 0 Å². The summed E-state index contributed by atoms with van der Waals surface area (Å²) in [4.78, 5) is 16.6. The van der Waals surface area contributed by atoms with Gasteiger partial charge < -0.3 is 15.5 Å². The molecule has 0 aromatic heterocycles. The third-order valence-electron chi connectivity index (χ3n) is 4.14. The lowest BCUT2D eigenvalue weighted by Crippen LogP contribution is -2.50. The maximum atomic E-state index is 12.5. The summed E-state index contributed by atoms with van der Waals surface area (Å²) in [6, 6.07) is 8.32. The van der Waals surface area contributed by atoms with Crippen LogP contribution in [0.1, 0.15) is 12.8 Å². The SMILES string of the molecule is CN1CCC(NC(=O)N2CCNc3ccccc32)CC1. The number of anilines is 2. The first-order valence-corrected chi connectivity index (χ1v) is 7.33. The Morgan fingerprint density at radius 3 is 2.80 bits per heavy atom. The molecule has 2 aliphatic heterocycles. The Morgan fingerprint density at radius 1 is 1.25 bits per heavy atom. The van der Waals surface area contributed by atoms with E-state index in [2.05, 4.69) is 22.6 Å². The fourth-order valence-corrected chi connectivity index (χ4v) is 2.90. The Hall–Kier alpha value is -1.75. The number of urea groups is 1. The number of amides is 2. The van der Waals surface area contributed by atoms with Crippen LogP contribution in [0, 0.1) is 0 Å². The minimum atomic E-state index is 0.0357. The number of carbonyl (C=O) groups excluding carboxylic acids is 1. The van der Waals surface area contributed by atoms with Crippen molar-refractivity contribution in [1.29, 1.82) is 0 Å². The normalized spacial score (nSPS) is 20.1. The molecule has 2 amide bonds. The van der Waals surface area contributed by atoms with E-state index in [9.17, 15) is 4.79 Å². The zero-order chi connectivity index (χ0) is 13.9. The maximum Gasteiger partial charge on any atom is 0.322 e. The number of carbonyl (C=O) groups is 1. The molecule has 20 heavy (non-hydrogen) atoms. The van der Waals surface area contributed by atoms with Crippen LogP contribution in [0.3, 0.4) is 0 Å². The largest absolute Gasteiger partial charge is 0.382 e. The lowest BCUT2D eigenvalue weighted by molar-refractivity contribution is 0.217. The zero-order valence-corrected chi connectivity index (χ0v) is 11.9. The highest BCUT2D eigenvalue weighted by Gasteiger charge is 2.25. The van der Waals surface area contributed by atoms with E-state index in [1.807, 2.05) is 29.2 Å². The molecule has 0 spiro atoms. The standard InChI is InChI=1S/C15H22N4O/c1-18-9-6-12(7-10-18)17-15(20)19-11-8-16-13-4-2-3-5-14(13)19/h2-5,12,16H,6-11H2,1H3,(H,17,20). The average molecular weight is 274 g/mol. The van der Waals surface area contributed by atoms with Crippen LogP contribution in [-0.4, -0.2) is 50.2 Å². The molecule has 1 fully saturated rings. The van der Waals surface area contributed by atoms with Crippen LogP contribution in [0.25, 0.3) is 0 Å². The first-order valence-electron chi connectivity index (χ1n) is 7.33. The number of nitrogens with zero attached hydrogens (tertiary/aromatic N) is 2. The number of hydrogen-bond acceptors (Lipinski definition) is 3. The van der Waals surface area contributed by atoms with Crippen LogP contribution in [0.4, 0.5) is 16.2 Å². The number of piperidine rings is 1. The number of likely N-dealkylation sites (tertiary alicyclic amines) is 1. The van der Waals surface area contributed by atoms with Crippen molar-refractivity contribution in [3.05, 3.63) is 24.3 Å². The molecule has 0 unspecified atom stereocenters. The lowest BCUT2D eigenvalue weighted by Gasteiger charge is -2.34. The third-order valence-corrected chi connectivity index (χ3v) is 4.14. The molecule has 0 atom stereocenters. The molecule has 1 aromatic rings. The van der Waals surface area contributed by atoms with Crippen molar-refractivity contribution in [1.82, 2.24) is 10.2 Å². The molecule has 0 bridgehead atoms. The zero-order valence-electron chi connectivity index (χ0n) is 11.9. The summed E-state index contributed by atoms with van der Waals surface area (Å²) in [7, 11) is 2.13. The molecular weight excluding hydrogens is 252 g/mol. The second kappa shape index (κ2) is 5.71. The summed E-state index contributed by atoms with van der Waals surface area (Å²) in [5.74, 6) is 0. The summed E-state index contributed by atoms with van der Waals surface area (Å²) in [5.41, 5.74) is 2.02. The smallest absolute Gasteiger partial charge is 0.322 e. The van der Waals surface area contributed by atoms with Crippen molar-refractivity contribution in [2.75, 3.05) is 43.4 Å². The predicted octanol–water partition coefficient (Wildman–Crippen LogP) is 1.72. The van der Waals surface area contributed by atoms with Crippen molar-refractivity contribution >= 4 is 17.4 Å². The Morgan fingerprint density at radius 2 is 2.00 bits per heavy atom. The molecule has 0 aliphatic carbocycles. The van der Waals surface area contributed by atoms with Crippen LogP contribution in [-0.2, 0) is 0 Å². The summed E-state index contributed by atoms with van der Waals surface area (Å²) < 4.78 is 0. The number of nitrogens with one attached hydrogen (secondary N) is 2. The van der Waals surface area contributed by atoms with Crippen molar-refractivity contribution in [3.8, 4) is 0 Å². The Balaban J connectivity index is 1.66. The van der Waals surface area contributed by atoms with E-state index in [4.69, 9.17) is 0 Å². The molecule has 5 heteroatoms. The van der Waals surface area contributed by atoms with Gasteiger partial charge in [-0.25, -0.2) is 4.79 Å². The summed E-state index contributed by atoms with van der Waals surface area (Å²) in [5, 5.41) is 6.51. The average Bonchev–Trinajstić information content (AvgIpc) is 2.49. The Bertz CT molecular complexity index is 483. The number of para-hydroxylation sites is 2. The highest BCUT2D eigenvalue weighted by atomic mass is 16.2. The monoisotopic (exact) mass is 274 g/mol. The van der Waals surface area contributed by atoms with Gasteiger partial charge in [0.05, 0.1) is 11.4 Å². The summed E-state index contributed by atoms with van der Waals surface area (Å²) >= 11 is 0. The van der Waals surface area contributed by atoms with Gasteiger partial charge >= 0.3 is 6.03 Å². The van der Waals surface area contributed by atoms with E-state index in [1.54, 1.807) is 0 Å². The van der Waals surface area contributed by atoms with Crippen LogP contribution >= 0.6 is 0 Å². The first-order chi connectivity index (χ1) is 9.74. The molecule has 0 radical (unpaired) electrons. The number of rotatable bonds is 1. The highest BCUT2D eigenvalue weighted by molar-refractivity contribution is 5.96. The molecule has 2 N–H and O–H groups in total. The maximum absolute atomic E-state index is 12.5. The van der Waals surface area contributed by atoms with Gasteiger partial charge in [0.15, 0.2) is 0 Å². The van der Waals surface area contributed by atoms with E-state index in [-0.39, 0.29) is 6.03 Å². The fourth-order valence-electron chi connectivity index (χ4n) is 2.90. The van der Waals surface area contributed by atoms with Crippen LogP contribution in [0.2, 0.25) is 0 Å². The molecule has 108 valence electrons. The van der Waals surface area contributed by atoms with Gasteiger partial charge in [0, 0.05) is 19.1 Å². The quantitative estimate of drug-likeness (QED) is 0.820. The molecule has 5 nitrogen and oxygen atoms in total. The summed E-state index contributed by atoms with van der Waals surface area (Å²) in [6.07, 6.45) is 2.08. The van der Waals surface area contributed by atoms with Gasteiger partial charge in [0.1, 0.15) is 0 Å². The minimum absolute atomic E-state index is 0.0357. The van der Waals surface area contributed by atoms with Gasteiger partial charge in [-0.05, 0) is 45.1 Å². The van der Waals surface area contributed by atoms with E-state index in [1.165, 1.54) is 0 Å². The van der Waals surface area contributed by atoms with E-state index >= 15 is 0 Å². The molecule has 1 aromatic carbocycles. The number of benzene rings is 1. The van der Waals surface area contributed by atoms with Gasteiger partial charge in [0.25, 0.3) is 0 Å². The van der Waals surface area contributed by atoms with Gasteiger partial charge in [-0.2, -0.15) is 0 Å². The third kappa shape index (κ3) is 2.72. The van der Waals surface area contributed by atoms with Gasteiger partial charge in [0.2, 0.25) is 0 Å². The lowest BCUT2D eigenvalue weighted by atomic mass is 10.1. The second-order valence-corrected chi connectivity index (χ2v) is 5.62. The molecular formula is C15H22N4O. The molecule has 2 aliphatic rings. The highest BCUT2D eigenvalue weighted by Crippen LogP contribution is 2.28. The number of hydrogen-bond donors (Lipinski definition) is 2. The Kier molecular flexibility index (Phi) is 3.78.